The highest BCUT2D eigenvalue weighted by molar-refractivity contribution is 7.80. The van der Waals surface area contributed by atoms with Gasteiger partial charge in [0.25, 0.3) is 0 Å². The highest BCUT2D eigenvalue weighted by Gasteiger charge is 2.06. The Balaban J connectivity index is 1.53. The zero-order chi connectivity index (χ0) is 24.1. The van der Waals surface area contributed by atoms with Gasteiger partial charge in [-0.25, -0.2) is 0 Å². The highest BCUT2D eigenvalue weighted by atomic mass is 32.1. The Labute approximate surface area is 205 Å². The number of carbonyl (C=O) groups is 1. The third kappa shape index (κ3) is 10.3. The van der Waals surface area contributed by atoms with Crippen molar-refractivity contribution in [1.29, 1.82) is 0 Å². The van der Waals surface area contributed by atoms with Gasteiger partial charge >= 0.3 is 0 Å². The Bertz CT molecular complexity index is 889. The van der Waals surface area contributed by atoms with Crippen molar-refractivity contribution in [1.82, 2.24) is 15.5 Å². The number of hydrogen-bond acceptors (Lipinski definition) is 7. The van der Waals surface area contributed by atoms with Crippen LogP contribution in [-0.2, 0) is 11.3 Å². The first-order valence-electron chi connectivity index (χ1n) is 10.8. The Kier molecular flexibility index (Phi) is 11.8. The molecule has 3 N–H and O–H groups in total. The molecule has 0 fully saturated rings. The summed E-state index contributed by atoms with van der Waals surface area (Å²) in [6.45, 7) is 2.69. The summed E-state index contributed by atoms with van der Waals surface area (Å²) in [5, 5.41) is 11.6. The molecule has 1 amide bonds. The first kappa shape index (κ1) is 26.7. The van der Waals surface area contributed by atoms with Gasteiger partial charge in [0.1, 0.15) is 5.75 Å². The summed E-state index contributed by atoms with van der Waals surface area (Å²) >= 11 is 7.00. The fourth-order valence-electron chi connectivity index (χ4n) is 2.95. The predicted molar refractivity (Wildman–Crippen MR) is 138 cm³/mol. The van der Waals surface area contributed by atoms with E-state index in [0.29, 0.717) is 49.1 Å². The number of nitrogens with zero attached hydrogens (tertiary/aromatic N) is 1. The van der Waals surface area contributed by atoms with Crippen LogP contribution in [0.4, 0.5) is 5.69 Å². The van der Waals surface area contributed by atoms with Gasteiger partial charge in [-0.1, -0.05) is 0 Å². The van der Waals surface area contributed by atoms with Crippen molar-refractivity contribution in [3.05, 3.63) is 34.5 Å². The van der Waals surface area contributed by atoms with Crippen LogP contribution in [0, 0.1) is 0 Å². The van der Waals surface area contributed by atoms with Gasteiger partial charge in [-0.15, -0.1) is 11.3 Å². The van der Waals surface area contributed by atoms with Gasteiger partial charge in [0.15, 0.2) is 16.6 Å². The van der Waals surface area contributed by atoms with E-state index in [4.69, 9.17) is 26.4 Å². The topological polar surface area (TPSA) is 84.1 Å². The van der Waals surface area contributed by atoms with Gasteiger partial charge in [-0.05, 0) is 57.4 Å². The molecular weight excluding hydrogens is 460 g/mol. The van der Waals surface area contributed by atoms with E-state index in [1.807, 2.05) is 37.7 Å². The largest absolute Gasteiger partial charge is 0.493 e. The zero-order valence-electron chi connectivity index (χ0n) is 19.7. The lowest BCUT2D eigenvalue weighted by Crippen LogP contribution is -2.31. The molecule has 1 heterocycles. The summed E-state index contributed by atoms with van der Waals surface area (Å²) in [4.78, 5) is 15.4. The van der Waals surface area contributed by atoms with Crippen molar-refractivity contribution in [2.24, 2.45) is 0 Å². The number of benzene rings is 1. The lowest BCUT2D eigenvalue weighted by atomic mass is 10.2. The second kappa shape index (κ2) is 14.6. The second-order valence-corrected chi connectivity index (χ2v) is 9.00. The summed E-state index contributed by atoms with van der Waals surface area (Å²) in [7, 11) is 7.27. The van der Waals surface area contributed by atoms with E-state index in [-0.39, 0.29) is 5.91 Å². The highest BCUT2D eigenvalue weighted by Crippen LogP contribution is 2.29. The predicted octanol–water partition coefficient (Wildman–Crippen LogP) is 3.48. The van der Waals surface area contributed by atoms with Crippen LogP contribution in [0.2, 0.25) is 0 Å². The average molecular weight is 495 g/mol. The SMILES string of the molecule is COc1ccc(NC(=S)NCCCC(=O)NCCCOc2csc(CN(C)C)c2)cc1OC. The molecule has 0 bridgehead atoms. The van der Waals surface area contributed by atoms with Crippen molar-refractivity contribution in [2.75, 3.05) is 53.3 Å². The maximum atomic E-state index is 12.0. The Morgan fingerprint density at radius 3 is 2.55 bits per heavy atom. The van der Waals surface area contributed by atoms with Crippen LogP contribution in [0.1, 0.15) is 24.1 Å². The Hall–Kier alpha value is -2.56. The van der Waals surface area contributed by atoms with Crippen molar-refractivity contribution in [3.8, 4) is 17.2 Å². The van der Waals surface area contributed by atoms with Crippen LogP contribution in [0.25, 0.3) is 0 Å². The molecule has 0 spiro atoms. The van der Waals surface area contributed by atoms with E-state index in [9.17, 15) is 4.79 Å². The van der Waals surface area contributed by atoms with E-state index < -0.39 is 0 Å². The standard InChI is InChI=1S/C23H34N4O4S2/c1-27(2)15-19-14-18(16-33-19)31-12-6-11-24-22(28)7-5-10-25-23(32)26-17-8-9-20(29-3)21(13-17)30-4/h8-9,13-14,16H,5-7,10-12,15H2,1-4H3,(H,24,28)(H2,25,26,32). The molecule has 182 valence electrons. The van der Waals surface area contributed by atoms with E-state index in [0.717, 1.165) is 24.4 Å². The average Bonchev–Trinajstić information content (AvgIpc) is 3.22. The van der Waals surface area contributed by atoms with Gasteiger partial charge in [-0.2, -0.15) is 0 Å². The maximum Gasteiger partial charge on any atom is 0.220 e. The smallest absolute Gasteiger partial charge is 0.220 e. The van der Waals surface area contributed by atoms with Gasteiger partial charge in [0.05, 0.1) is 20.8 Å². The molecule has 1 aromatic heterocycles. The lowest BCUT2D eigenvalue weighted by molar-refractivity contribution is -0.121. The normalized spacial score (nSPS) is 10.6. The lowest BCUT2D eigenvalue weighted by Gasteiger charge is -2.13. The molecule has 0 aliphatic carbocycles. The van der Waals surface area contributed by atoms with Crippen LogP contribution in [0.5, 0.6) is 17.2 Å². The molecule has 0 aliphatic heterocycles. The van der Waals surface area contributed by atoms with Crippen LogP contribution in [-0.4, -0.2) is 63.9 Å². The molecule has 0 saturated heterocycles. The second-order valence-electron chi connectivity index (χ2n) is 7.59. The van der Waals surface area contributed by atoms with Crippen LogP contribution in [0.15, 0.2) is 29.6 Å². The van der Waals surface area contributed by atoms with Gasteiger partial charge in [0.2, 0.25) is 5.91 Å². The number of thiophene rings is 1. The Morgan fingerprint density at radius 2 is 1.82 bits per heavy atom. The first-order valence-corrected chi connectivity index (χ1v) is 12.1. The van der Waals surface area contributed by atoms with Crippen LogP contribution < -0.4 is 30.2 Å². The Morgan fingerprint density at radius 1 is 1.06 bits per heavy atom. The summed E-state index contributed by atoms with van der Waals surface area (Å²) in [6, 6.07) is 7.54. The zero-order valence-corrected chi connectivity index (χ0v) is 21.4. The number of rotatable bonds is 14. The van der Waals surface area contributed by atoms with Crippen molar-refractivity contribution >= 4 is 40.3 Å². The van der Waals surface area contributed by atoms with Gasteiger partial charge in [-0.3, -0.25) is 4.79 Å². The minimum absolute atomic E-state index is 0.0272. The quantitative estimate of drug-likeness (QED) is 0.272. The molecule has 0 unspecified atom stereocenters. The molecule has 8 nitrogen and oxygen atoms in total. The first-order chi connectivity index (χ1) is 15.9. The summed E-state index contributed by atoms with van der Waals surface area (Å²) in [5.74, 6) is 2.20. The molecule has 10 heteroatoms. The summed E-state index contributed by atoms with van der Waals surface area (Å²) in [5.41, 5.74) is 0.793. The molecule has 0 saturated carbocycles. The molecule has 0 aliphatic rings. The molecule has 2 rings (SSSR count). The summed E-state index contributed by atoms with van der Waals surface area (Å²) < 4.78 is 16.3. The molecule has 2 aromatic rings. The molecule has 0 atom stereocenters. The number of amides is 1. The molecule has 1 aromatic carbocycles. The maximum absolute atomic E-state index is 12.0. The monoisotopic (exact) mass is 494 g/mol. The number of ether oxygens (including phenoxy) is 3. The number of hydrogen-bond donors (Lipinski definition) is 3. The fourth-order valence-corrected chi connectivity index (χ4v) is 4.09. The minimum Gasteiger partial charge on any atom is -0.493 e. The van der Waals surface area contributed by atoms with E-state index >= 15 is 0 Å². The fraction of sp³-hybridized carbons (Fsp3) is 0.478. The van der Waals surface area contributed by atoms with E-state index in [1.165, 1.54) is 4.88 Å². The van der Waals surface area contributed by atoms with Crippen LogP contribution in [0.3, 0.4) is 0 Å². The van der Waals surface area contributed by atoms with E-state index in [2.05, 4.69) is 26.9 Å². The molecule has 0 radical (unpaired) electrons. The number of thiocarbonyl (C=S) groups is 1. The number of nitrogens with one attached hydrogen (secondary N) is 3. The van der Waals surface area contributed by atoms with Crippen molar-refractivity contribution in [2.45, 2.75) is 25.8 Å². The van der Waals surface area contributed by atoms with Crippen molar-refractivity contribution < 1.29 is 19.0 Å². The third-order valence-corrected chi connectivity index (χ3v) is 5.67. The minimum atomic E-state index is 0.0272. The van der Waals surface area contributed by atoms with E-state index in [1.54, 1.807) is 25.6 Å². The molecular formula is C23H34N4O4S2. The number of anilines is 1. The number of carbonyl (C=O) groups excluding carboxylic acids is 1. The van der Waals surface area contributed by atoms with Crippen LogP contribution >= 0.6 is 23.6 Å². The van der Waals surface area contributed by atoms with Crippen molar-refractivity contribution in [3.63, 3.8) is 0 Å². The third-order valence-electron chi connectivity index (χ3n) is 4.52. The van der Waals surface area contributed by atoms with Gasteiger partial charge < -0.3 is 35.1 Å². The van der Waals surface area contributed by atoms with Gasteiger partial charge in [0, 0.05) is 48.1 Å². The molecule has 33 heavy (non-hydrogen) atoms. The number of methoxy groups -OCH3 is 2. The summed E-state index contributed by atoms with van der Waals surface area (Å²) in [6.07, 6.45) is 1.88.